The molecule has 120 valence electrons. The van der Waals surface area contributed by atoms with E-state index in [2.05, 4.69) is 10.6 Å². The van der Waals surface area contributed by atoms with Crippen LogP contribution in [0.2, 0.25) is 0 Å². The molecule has 6 nitrogen and oxygen atoms in total. The van der Waals surface area contributed by atoms with E-state index in [0.29, 0.717) is 12.2 Å². The number of nitrogens with one attached hydrogen (secondary N) is 2. The predicted molar refractivity (Wildman–Crippen MR) is 86.1 cm³/mol. The van der Waals surface area contributed by atoms with Gasteiger partial charge in [-0.25, -0.2) is 0 Å². The lowest BCUT2D eigenvalue weighted by atomic mass is 10.1. The molecule has 6 heteroatoms. The van der Waals surface area contributed by atoms with Gasteiger partial charge in [-0.1, -0.05) is 36.4 Å². The van der Waals surface area contributed by atoms with Crippen LogP contribution >= 0.6 is 0 Å². The number of aromatic hydroxyl groups is 1. The van der Waals surface area contributed by atoms with E-state index in [9.17, 15) is 19.8 Å². The Morgan fingerprint density at radius 2 is 1.78 bits per heavy atom. The lowest BCUT2D eigenvalue weighted by molar-refractivity contribution is -0.141. The van der Waals surface area contributed by atoms with Crippen molar-refractivity contribution in [2.24, 2.45) is 0 Å². The summed E-state index contributed by atoms with van der Waals surface area (Å²) in [5.74, 6) is -1.50. The number of rotatable bonds is 7. The number of amides is 1. The number of hydrogen-bond donors (Lipinski definition) is 4. The maximum Gasteiger partial charge on any atom is 0.321 e. The summed E-state index contributed by atoms with van der Waals surface area (Å²) in [4.78, 5) is 23.2. The topological polar surface area (TPSA) is 98.7 Å². The van der Waals surface area contributed by atoms with Crippen LogP contribution in [-0.4, -0.2) is 28.1 Å². The van der Waals surface area contributed by atoms with Crippen LogP contribution in [0.1, 0.15) is 12.0 Å². The Morgan fingerprint density at radius 1 is 1.04 bits per heavy atom. The molecule has 0 spiro atoms. The summed E-state index contributed by atoms with van der Waals surface area (Å²) in [5.41, 5.74) is 1.36. The Balaban J connectivity index is 1.91. The Hall–Kier alpha value is -2.86. The first kappa shape index (κ1) is 16.5. The van der Waals surface area contributed by atoms with Crippen LogP contribution in [0.3, 0.4) is 0 Å². The molecule has 1 atom stereocenters. The number of benzene rings is 2. The van der Waals surface area contributed by atoms with E-state index < -0.39 is 17.9 Å². The van der Waals surface area contributed by atoms with Gasteiger partial charge in [0.05, 0.1) is 6.42 Å². The highest BCUT2D eigenvalue weighted by Gasteiger charge is 2.20. The lowest BCUT2D eigenvalue weighted by Gasteiger charge is -2.14. The molecule has 23 heavy (non-hydrogen) atoms. The first-order valence-electron chi connectivity index (χ1n) is 7.13. The van der Waals surface area contributed by atoms with Crippen molar-refractivity contribution in [1.29, 1.82) is 0 Å². The second-order valence-corrected chi connectivity index (χ2v) is 5.06. The van der Waals surface area contributed by atoms with Gasteiger partial charge in [-0.15, -0.1) is 0 Å². The van der Waals surface area contributed by atoms with Gasteiger partial charge < -0.3 is 15.5 Å². The van der Waals surface area contributed by atoms with Gasteiger partial charge in [-0.2, -0.15) is 0 Å². The number of anilines is 1. The van der Waals surface area contributed by atoms with Crippen LogP contribution in [-0.2, 0) is 16.1 Å². The zero-order valence-electron chi connectivity index (χ0n) is 12.4. The van der Waals surface area contributed by atoms with Gasteiger partial charge in [0.25, 0.3) is 0 Å². The molecule has 0 aromatic heterocycles. The molecule has 0 bridgehead atoms. The second-order valence-electron chi connectivity index (χ2n) is 5.06. The van der Waals surface area contributed by atoms with Crippen molar-refractivity contribution < 1.29 is 19.8 Å². The van der Waals surface area contributed by atoms with Gasteiger partial charge in [0.15, 0.2) is 0 Å². The largest absolute Gasteiger partial charge is 0.508 e. The molecule has 4 N–H and O–H groups in total. The number of carbonyl (C=O) groups is 2. The van der Waals surface area contributed by atoms with Gasteiger partial charge in [0.1, 0.15) is 11.8 Å². The van der Waals surface area contributed by atoms with Gasteiger partial charge >= 0.3 is 5.97 Å². The van der Waals surface area contributed by atoms with Gasteiger partial charge in [-0.3, -0.25) is 14.9 Å². The van der Waals surface area contributed by atoms with Crippen LogP contribution in [0.15, 0.2) is 54.6 Å². The highest BCUT2D eigenvalue weighted by Crippen LogP contribution is 2.15. The molecular formula is C17H18N2O4. The first-order chi connectivity index (χ1) is 11.0. The van der Waals surface area contributed by atoms with Crippen molar-refractivity contribution >= 4 is 17.6 Å². The molecule has 0 unspecified atom stereocenters. The molecule has 0 aliphatic carbocycles. The molecule has 2 aromatic carbocycles. The highest BCUT2D eigenvalue weighted by atomic mass is 16.4. The number of phenolic OH excluding ortho intramolecular Hbond substituents is 1. The molecule has 0 radical (unpaired) electrons. The van der Waals surface area contributed by atoms with Gasteiger partial charge in [0, 0.05) is 18.3 Å². The fourth-order valence-corrected chi connectivity index (χ4v) is 2.06. The van der Waals surface area contributed by atoms with E-state index >= 15 is 0 Å². The number of carboxylic acid groups (broad SMARTS) is 1. The van der Waals surface area contributed by atoms with Crippen molar-refractivity contribution in [2.45, 2.75) is 19.0 Å². The van der Waals surface area contributed by atoms with E-state index in [4.69, 9.17) is 0 Å². The number of hydrogen-bond acceptors (Lipinski definition) is 4. The average Bonchev–Trinajstić information content (AvgIpc) is 2.52. The fraction of sp³-hybridized carbons (Fsp3) is 0.176. The quantitative estimate of drug-likeness (QED) is 0.626. The Morgan fingerprint density at radius 3 is 2.43 bits per heavy atom. The predicted octanol–water partition coefficient (Wildman–Crippen LogP) is 1.96. The number of carbonyl (C=O) groups excluding carboxylic acids is 1. The molecule has 0 aliphatic rings. The zero-order chi connectivity index (χ0) is 16.7. The number of phenols is 1. The van der Waals surface area contributed by atoms with Crippen molar-refractivity contribution in [2.75, 3.05) is 5.32 Å². The first-order valence-corrected chi connectivity index (χ1v) is 7.13. The molecule has 0 saturated heterocycles. The number of aliphatic carboxylic acids is 1. The summed E-state index contributed by atoms with van der Waals surface area (Å²) >= 11 is 0. The van der Waals surface area contributed by atoms with Crippen molar-refractivity contribution in [3.63, 3.8) is 0 Å². The summed E-state index contributed by atoms with van der Waals surface area (Å²) < 4.78 is 0. The van der Waals surface area contributed by atoms with Crippen molar-refractivity contribution in [1.82, 2.24) is 5.32 Å². The van der Waals surface area contributed by atoms with Crippen LogP contribution < -0.4 is 10.6 Å². The summed E-state index contributed by atoms with van der Waals surface area (Å²) in [5, 5.41) is 24.0. The lowest BCUT2D eigenvalue weighted by Crippen LogP contribution is -2.39. The van der Waals surface area contributed by atoms with Crippen LogP contribution in [0.5, 0.6) is 5.75 Å². The minimum Gasteiger partial charge on any atom is -0.508 e. The zero-order valence-corrected chi connectivity index (χ0v) is 12.4. The molecule has 0 fully saturated rings. The van der Waals surface area contributed by atoms with Gasteiger partial charge in [0.2, 0.25) is 5.91 Å². The third kappa shape index (κ3) is 5.44. The molecular weight excluding hydrogens is 296 g/mol. The standard InChI is InChI=1S/C17H18N2O4/c20-14-8-4-7-13(9-14)19-16(21)10-15(17(22)23)18-11-12-5-2-1-3-6-12/h1-9,15,18,20H,10-11H2,(H,19,21)(H,22,23)/t15-/m1/s1. The van der Waals surface area contributed by atoms with E-state index in [1.807, 2.05) is 30.3 Å². The summed E-state index contributed by atoms with van der Waals surface area (Å²) in [6, 6.07) is 14.4. The molecule has 0 aliphatic heterocycles. The fourth-order valence-electron chi connectivity index (χ4n) is 2.06. The normalized spacial score (nSPS) is 11.7. The number of carboxylic acids is 1. The van der Waals surface area contributed by atoms with Gasteiger partial charge in [-0.05, 0) is 17.7 Å². The maximum absolute atomic E-state index is 12.0. The maximum atomic E-state index is 12.0. The average molecular weight is 314 g/mol. The summed E-state index contributed by atoms with van der Waals surface area (Å²) in [6.45, 7) is 0.358. The van der Waals surface area contributed by atoms with Crippen LogP contribution in [0.4, 0.5) is 5.69 Å². The monoisotopic (exact) mass is 314 g/mol. The van der Waals surface area contributed by atoms with Crippen molar-refractivity contribution in [3.8, 4) is 5.75 Å². The third-order valence-electron chi connectivity index (χ3n) is 3.21. The molecule has 2 aromatic rings. The van der Waals surface area contributed by atoms with Crippen LogP contribution in [0, 0.1) is 0 Å². The third-order valence-corrected chi connectivity index (χ3v) is 3.21. The minimum atomic E-state index is -1.09. The van der Waals surface area contributed by atoms with E-state index in [-0.39, 0.29) is 12.2 Å². The molecule has 0 heterocycles. The molecule has 2 rings (SSSR count). The van der Waals surface area contributed by atoms with Crippen molar-refractivity contribution in [3.05, 3.63) is 60.2 Å². The Labute approximate surface area is 133 Å². The minimum absolute atomic E-state index is 0.0276. The van der Waals surface area contributed by atoms with E-state index in [1.54, 1.807) is 12.1 Å². The Kier molecular flexibility index (Phi) is 5.71. The second kappa shape index (κ2) is 7.95. The van der Waals surface area contributed by atoms with Crippen LogP contribution in [0.25, 0.3) is 0 Å². The van der Waals surface area contributed by atoms with E-state index in [1.165, 1.54) is 12.1 Å². The summed E-state index contributed by atoms with van der Waals surface area (Å²) in [6.07, 6.45) is -0.210. The van der Waals surface area contributed by atoms with E-state index in [0.717, 1.165) is 5.56 Å². The Bertz CT molecular complexity index is 673. The molecule has 0 saturated carbocycles. The summed E-state index contributed by atoms with van der Waals surface area (Å²) in [7, 11) is 0. The SMILES string of the molecule is O=C(C[C@@H](NCc1ccccc1)C(=O)O)Nc1cccc(O)c1. The molecule has 1 amide bonds. The smallest absolute Gasteiger partial charge is 0.321 e. The highest BCUT2D eigenvalue weighted by molar-refractivity contribution is 5.94.